The fraction of sp³-hybridized carbons (Fsp3) is 0.500. The summed E-state index contributed by atoms with van der Waals surface area (Å²) in [6.45, 7) is 4.86. The Kier molecular flexibility index (Phi) is 4.04. The number of halogens is 3. The van der Waals surface area contributed by atoms with Gasteiger partial charge >= 0.3 is 14.8 Å². The molecule has 7 heteroatoms. The van der Waals surface area contributed by atoms with Crippen molar-refractivity contribution < 1.29 is 26.7 Å². The van der Waals surface area contributed by atoms with E-state index in [0.717, 1.165) is 12.1 Å². The van der Waals surface area contributed by atoms with Crippen LogP contribution in [-0.2, 0) is 15.2 Å². The van der Waals surface area contributed by atoms with Crippen molar-refractivity contribution in [1.29, 1.82) is 0 Å². The van der Waals surface area contributed by atoms with Crippen LogP contribution in [0.1, 0.15) is 19.4 Å². The van der Waals surface area contributed by atoms with Gasteiger partial charge in [-0.3, -0.25) is 0 Å². The van der Waals surface area contributed by atoms with Gasteiger partial charge in [-0.1, -0.05) is 19.9 Å². The molecule has 0 aliphatic carbocycles. The zero-order valence-electron chi connectivity index (χ0n) is 10.5. The summed E-state index contributed by atoms with van der Waals surface area (Å²) in [6, 6.07) is 4.67. The zero-order valence-corrected chi connectivity index (χ0v) is 11.4. The molecule has 1 saturated heterocycles. The molecule has 0 aromatic heterocycles. The summed E-state index contributed by atoms with van der Waals surface area (Å²) in [7, 11) is -1.62. The van der Waals surface area contributed by atoms with Crippen LogP contribution >= 0.6 is 8.60 Å². The zero-order chi connectivity index (χ0) is 14.1. The van der Waals surface area contributed by atoms with E-state index in [2.05, 4.69) is 0 Å². The summed E-state index contributed by atoms with van der Waals surface area (Å²) in [5.74, 6) is 0.0978. The van der Waals surface area contributed by atoms with E-state index in [1.54, 1.807) is 0 Å². The Bertz CT molecular complexity index is 438. The summed E-state index contributed by atoms with van der Waals surface area (Å²) in [5.41, 5.74) is -0.854. The van der Waals surface area contributed by atoms with E-state index < -0.39 is 20.3 Å². The Morgan fingerprint density at radius 2 is 1.84 bits per heavy atom. The van der Waals surface area contributed by atoms with Crippen molar-refractivity contribution in [3.8, 4) is 5.75 Å². The molecule has 0 bridgehead atoms. The van der Waals surface area contributed by atoms with E-state index in [0.29, 0.717) is 13.2 Å². The SMILES string of the molecule is CC1(C)COP(Oc2cccc(C(F)(F)F)c2)OC1. The fourth-order valence-electron chi connectivity index (χ4n) is 1.40. The van der Waals surface area contributed by atoms with Gasteiger partial charge in [-0.25, -0.2) is 0 Å². The van der Waals surface area contributed by atoms with Gasteiger partial charge in [0.2, 0.25) is 0 Å². The monoisotopic (exact) mass is 294 g/mol. The van der Waals surface area contributed by atoms with Gasteiger partial charge in [-0.2, -0.15) is 13.2 Å². The molecule has 106 valence electrons. The molecule has 0 amide bonds. The Hall–Kier alpha value is -0.840. The van der Waals surface area contributed by atoms with Gasteiger partial charge in [0.05, 0.1) is 18.8 Å². The van der Waals surface area contributed by atoms with Crippen molar-refractivity contribution >= 4 is 8.60 Å². The van der Waals surface area contributed by atoms with Crippen molar-refractivity contribution in [2.45, 2.75) is 20.0 Å². The minimum atomic E-state index is -4.39. The smallest absolute Gasteiger partial charge is 0.416 e. The van der Waals surface area contributed by atoms with Crippen LogP contribution in [0.15, 0.2) is 24.3 Å². The molecule has 3 nitrogen and oxygen atoms in total. The van der Waals surface area contributed by atoms with Crippen LogP contribution in [-0.4, -0.2) is 13.2 Å². The molecule has 1 heterocycles. The second-order valence-electron chi connectivity index (χ2n) is 5.05. The molecule has 1 aromatic rings. The number of hydrogen-bond acceptors (Lipinski definition) is 3. The van der Waals surface area contributed by atoms with Gasteiger partial charge < -0.3 is 13.6 Å². The highest BCUT2D eigenvalue weighted by atomic mass is 31.2. The van der Waals surface area contributed by atoms with E-state index in [1.807, 2.05) is 13.8 Å². The summed E-state index contributed by atoms with van der Waals surface area (Å²) in [6.07, 6.45) is -4.39. The largest absolute Gasteiger partial charge is 0.427 e. The van der Waals surface area contributed by atoms with Gasteiger partial charge in [0.15, 0.2) is 0 Å². The molecule has 0 unspecified atom stereocenters. The topological polar surface area (TPSA) is 27.7 Å². The Morgan fingerprint density at radius 1 is 1.21 bits per heavy atom. The third-order valence-electron chi connectivity index (χ3n) is 2.46. The Balaban J connectivity index is 2.00. The van der Waals surface area contributed by atoms with Crippen molar-refractivity contribution in [3.05, 3.63) is 29.8 Å². The molecule has 1 aliphatic heterocycles. The van der Waals surface area contributed by atoms with Crippen LogP contribution in [0.4, 0.5) is 13.2 Å². The molecular weight excluding hydrogens is 280 g/mol. The summed E-state index contributed by atoms with van der Waals surface area (Å²) >= 11 is 0. The number of benzene rings is 1. The van der Waals surface area contributed by atoms with Crippen molar-refractivity contribution in [2.75, 3.05) is 13.2 Å². The van der Waals surface area contributed by atoms with E-state index in [1.165, 1.54) is 12.1 Å². The standard InChI is InChI=1S/C12H14F3O3P/c1-11(2)7-16-19(17-8-11)18-10-5-3-4-9(6-10)12(13,14)15/h3-6H,7-8H2,1-2H3. The third kappa shape index (κ3) is 4.06. The molecule has 2 rings (SSSR count). The molecule has 0 N–H and O–H groups in total. The first kappa shape index (κ1) is 14.6. The first-order valence-corrected chi connectivity index (χ1v) is 6.77. The molecule has 0 saturated carbocycles. The van der Waals surface area contributed by atoms with Crippen LogP contribution in [0, 0.1) is 5.41 Å². The van der Waals surface area contributed by atoms with E-state index in [9.17, 15) is 13.2 Å². The molecule has 0 atom stereocenters. The summed E-state index contributed by atoms with van der Waals surface area (Å²) in [5, 5.41) is 0. The maximum Gasteiger partial charge on any atom is 0.416 e. The maximum atomic E-state index is 12.5. The minimum Gasteiger partial charge on any atom is -0.427 e. The molecule has 0 radical (unpaired) electrons. The normalized spacial score (nSPS) is 20.3. The predicted molar refractivity (Wildman–Crippen MR) is 64.7 cm³/mol. The fourth-order valence-corrected chi connectivity index (χ4v) is 2.78. The molecular formula is C12H14F3O3P. The number of alkyl halides is 3. The van der Waals surface area contributed by atoms with Gasteiger partial charge in [0, 0.05) is 5.41 Å². The summed E-state index contributed by atoms with van der Waals surface area (Å²) < 4.78 is 53.6. The number of rotatable bonds is 2. The second kappa shape index (κ2) is 5.27. The Morgan fingerprint density at radius 3 is 2.42 bits per heavy atom. The quantitative estimate of drug-likeness (QED) is 0.757. The lowest BCUT2D eigenvalue weighted by Crippen LogP contribution is -2.29. The lowest BCUT2D eigenvalue weighted by Gasteiger charge is -2.32. The lowest BCUT2D eigenvalue weighted by molar-refractivity contribution is -0.137. The van der Waals surface area contributed by atoms with Crippen molar-refractivity contribution in [1.82, 2.24) is 0 Å². The lowest BCUT2D eigenvalue weighted by atomic mass is 9.97. The van der Waals surface area contributed by atoms with Crippen LogP contribution < -0.4 is 4.52 Å². The highest BCUT2D eigenvalue weighted by Crippen LogP contribution is 2.47. The minimum absolute atomic E-state index is 0.0978. The first-order valence-electron chi connectivity index (χ1n) is 5.67. The molecule has 1 aromatic carbocycles. The van der Waals surface area contributed by atoms with Crippen LogP contribution in [0.25, 0.3) is 0 Å². The van der Waals surface area contributed by atoms with Crippen molar-refractivity contribution in [3.63, 3.8) is 0 Å². The summed E-state index contributed by atoms with van der Waals surface area (Å²) in [4.78, 5) is 0. The van der Waals surface area contributed by atoms with E-state index >= 15 is 0 Å². The maximum absolute atomic E-state index is 12.5. The van der Waals surface area contributed by atoms with Crippen LogP contribution in [0.5, 0.6) is 5.75 Å². The van der Waals surface area contributed by atoms with Gasteiger partial charge in [-0.15, -0.1) is 0 Å². The van der Waals surface area contributed by atoms with Gasteiger partial charge in [0.25, 0.3) is 0 Å². The average Bonchev–Trinajstić information content (AvgIpc) is 2.31. The van der Waals surface area contributed by atoms with Crippen LogP contribution in [0.3, 0.4) is 0 Å². The van der Waals surface area contributed by atoms with Crippen molar-refractivity contribution in [2.24, 2.45) is 5.41 Å². The number of hydrogen-bond donors (Lipinski definition) is 0. The van der Waals surface area contributed by atoms with E-state index in [-0.39, 0.29) is 11.2 Å². The van der Waals surface area contributed by atoms with Crippen LogP contribution in [0.2, 0.25) is 0 Å². The highest BCUT2D eigenvalue weighted by molar-refractivity contribution is 7.42. The molecule has 1 aliphatic rings. The first-order chi connectivity index (χ1) is 8.76. The highest BCUT2D eigenvalue weighted by Gasteiger charge is 2.33. The van der Waals surface area contributed by atoms with E-state index in [4.69, 9.17) is 13.6 Å². The predicted octanol–water partition coefficient (Wildman–Crippen LogP) is 4.38. The van der Waals surface area contributed by atoms with Gasteiger partial charge in [0.1, 0.15) is 5.75 Å². The van der Waals surface area contributed by atoms with Gasteiger partial charge in [-0.05, 0) is 18.2 Å². The molecule has 1 fully saturated rings. The molecule has 0 spiro atoms. The third-order valence-corrected chi connectivity index (χ3v) is 3.50. The second-order valence-corrected chi connectivity index (χ2v) is 6.20. The average molecular weight is 294 g/mol. The Labute approximate surface area is 110 Å². The molecule has 19 heavy (non-hydrogen) atoms.